The summed E-state index contributed by atoms with van der Waals surface area (Å²) in [6.07, 6.45) is 0.145. The Balaban J connectivity index is 2.28. The molecule has 2 aromatic carbocycles. The number of nitrogens with zero attached hydrogens (tertiary/aromatic N) is 1. The molecule has 5 nitrogen and oxygen atoms in total. The summed E-state index contributed by atoms with van der Waals surface area (Å²) in [7, 11) is 0. The molecule has 0 fully saturated rings. The van der Waals surface area contributed by atoms with Gasteiger partial charge < -0.3 is 10.4 Å². The highest BCUT2D eigenvalue weighted by atomic mass is 16.4. The Morgan fingerprint density at radius 1 is 1.00 bits per heavy atom. The van der Waals surface area contributed by atoms with E-state index in [9.17, 15) is 14.7 Å². The average molecular weight is 322 g/mol. The zero-order valence-electron chi connectivity index (χ0n) is 13.1. The minimum absolute atomic E-state index is 0.0680. The van der Waals surface area contributed by atoms with Gasteiger partial charge in [0.1, 0.15) is 6.04 Å². The van der Waals surface area contributed by atoms with E-state index in [4.69, 9.17) is 5.26 Å². The van der Waals surface area contributed by atoms with E-state index >= 15 is 0 Å². The molecular weight excluding hydrogens is 304 g/mol. The number of carbonyl (C=O) groups excluding carboxylic acids is 1. The first-order valence-electron chi connectivity index (χ1n) is 7.63. The van der Waals surface area contributed by atoms with E-state index in [-0.39, 0.29) is 12.8 Å². The number of carboxylic acids is 1. The van der Waals surface area contributed by atoms with Crippen LogP contribution in [0.15, 0.2) is 60.7 Å². The van der Waals surface area contributed by atoms with Crippen molar-refractivity contribution in [1.82, 2.24) is 5.32 Å². The lowest BCUT2D eigenvalue weighted by atomic mass is 9.90. The molecule has 0 aliphatic rings. The van der Waals surface area contributed by atoms with E-state index in [0.717, 1.165) is 11.1 Å². The molecule has 0 aromatic heterocycles. The molecule has 2 aromatic rings. The quantitative estimate of drug-likeness (QED) is 0.820. The fourth-order valence-electron chi connectivity index (χ4n) is 2.51. The van der Waals surface area contributed by atoms with Gasteiger partial charge in [-0.05, 0) is 17.5 Å². The zero-order chi connectivity index (χ0) is 17.4. The molecule has 2 rings (SSSR count). The average Bonchev–Trinajstić information content (AvgIpc) is 2.60. The number of nitrogens with one attached hydrogen (secondary N) is 1. The third kappa shape index (κ3) is 4.43. The van der Waals surface area contributed by atoms with Crippen LogP contribution in [0.4, 0.5) is 0 Å². The van der Waals surface area contributed by atoms with Gasteiger partial charge in [0.2, 0.25) is 5.91 Å². The lowest BCUT2D eigenvalue weighted by molar-refractivity contribution is -0.142. The van der Waals surface area contributed by atoms with Gasteiger partial charge in [-0.2, -0.15) is 5.26 Å². The van der Waals surface area contributed by atoms with Crippen molar-refractivity contribution in [2.45, 2.75) is 24.8 Å². The number of rotatable bonds is 7. The topological polar surface area (TPSA) is 90.2 Å². The zero-order valence-corrected chi connectivity index (χ0v) is 13.1. The van der Waals surface area contributed by atoms with Crippen LogP contribution in [0.2, 0.25) is 0 Å². The number of carboxylic acid groups (broad SMARTS) is 1. The first-order chi connectivity index (χ1) is 11.6. The van der Waals surface area contributed by atoms with Crippen molar-refractivity contribution in [1.29, 1.82) is 5.26 Å². The lowest BCUT2D eigenvalue weighted by Gasteiger charge is -2.21. The SMILES string of the molecule is N#CCC[C@H](NC(=O)C(c1ccccc1)c1ccccc1)C(=O)O. The van der Waals surface area contributed by atoms with Crippen molar-refractivity contribution in [3.63, 3.8) is 0 Å². The Hall–Kier alpha value is -3.13. The highest BCUT2D eigenvalue weighted by Crippen LogP contribution is 2.25. The van der Waals surface area contributed by atoms with Crippen LogP contribution in [0.25, 0.3) is 0 Å². The van der Waals surface area contributed by atoms with Crippen LogP contribution in [0, 0.1) is 11.3 Å². The summed E-state index contributed by atoms with van der Waals surface area (Å²) < 4.78 is 0. The van der Waals surface area contributed by atoms with Crippen molar-refractivity contribution in [3.05, 3.63) is 71.8 Å². The molecule has 122 valence electrons. The number of carbonyl (C=O) groups is 2. The fraction of sp³-hybridized carbons (Fsp3) is 0.211. The van der Waals surface area contributed by atoms with Gasteiger partial charge in [0.15, 0.2) is 0 Å². The number of nitriles is 1. The first kappa shape index (κ1) is 17.2. The van der Waals surface area contributed by atoms with Crippen molar-refractivity contribution in [2.24, 2.45) is 0 Å². The summed E-state index contributed by atoms with van der Waals surface area (Å²) >= 11 is 0. The molecule has 0 heterocycles. The Morgan fingerprint density at radius 3 is 1.92 bits per heavy atom. The van der Waals surface area contributed by atoms with Crippen molar-refractivity contribution in [3.8, 4) is 6.07 Å². The van der Waals surface area contributed by atoms with Crippen LogP contribution in [0.3, 0.4) is 0 Å². The number of hydrogen-bond acceptors (Lipinski definition) is 3. The Bertz CT molecular complexity index is 684. The Kier molecular flexibility index (Phi) is 6.09. The number of amides is 1. The Morgan fingerprint density at radius 2 is 1.50 bits per heavy atom. The van der Waals surface area contributed by atoms with Gasteiger partial charge in [0.05, 0.1) is 12.0 Å². The third-order valence-corrected chi connectivity index (χ3v) is 3.69. The summed E-state index contributed by atoms with van der Waals surface area (Å²) in [5, 5.41) is 20.4. The molecule has 0 aliphatic carbocycles. The number of aliphatic carboxylic acids is 1. The summed E-state index contributed by atoms with van der Waals surface area (Å²) in [5.41, 5.74) is 1.57. The molecule has 0 saturated heterocycles. The number of hydrogen-bond donors (Lipinski definition) is 2. The summed E-state index contributed by atoms with van der Waals surface area (Å²) in [6.45, 7) is 0. The lowest BCUT2D eigenvalue weighted by Crippen LogP contribution is -2.43. The monoisotopic (exact) mass is 322 g/mol. The molecule has 0 bridgehead atoms. The van der Waals surface area contributed by atoms with Crippen LogP contribution in [-0.4, -0.2) is 23.0 Å². The van der Waals surface area contributed by atoms with Crippen LogP contribution in [0.1, 0.15) is 29.9 Å². The third-order valence-electron chi connectivity index (χ3n) is 3.69. The van der Waals surface area contributed by atoms with E-state index in [0.29, 0.717) is 0 Å². The van der Waals surface area contributed by atoms with Crippen LogP contribution < -0.4 is 5.32 Å². The predicted octanol–water partition coefficient (Wildman–Crippen LogP) is 2.69. The van der Waals surface area contributed by atoms with Gasteiger partial charge in [0.25, 0.3) is 0 Å². The van der Waals surface area contributed by atoms with Gasteiger partial charge in [-0.25, -0.2) is 4.79 Å². The highest BCUT2D eigenvalue weighted by Gasteiger charge is 2.27. The van der Waals surface area contributed by atoms with E-state index in [1.807, 2.05) is 66.7 Å². The van der Waals surface area contributed by atoms with Gasteiger partial charge in [-0.1, -0.05) is 60.7 Å². The largest absolute Gasteiger partial charge is 0.480 e. The maximum absolute atomic E-state index is 12.8. The van der Waals surface area contributed by atoms with E-state index in [1.165, 1.54) is 0 Å². The predicted molar refractivity (Wildman–Crippen MR) is 89.1 cm³/mol. The second-order valence-corrected chi connectivity index (χ2v) is 5.35. The second-order valence-electron chi connectivity index (χ2n) is 5.35. The molecule has 0 unspecified atom stereocenters. The van der Waals surface area contributed by atoms with E-state index < -0.39 is 23.8 Å². The maximum Gasteiger partial charge on any atom is 0.326 e. The van der Waals surface area contributed by atoms with Crippen LogP contribution >= 0.6 is 0 Å². The molecule has 24 heavy (non-hydrogen) atoms. The molecule has 1 amide bonds. The molecular formula is C19H18N2O3. The maximum atomic E-state index is 12.8. The molecule has 0 radical (unpaired) electrons. The number of benzene rings is 2. The van der Waals surface area contributed by atoms with Crippen LogP contribution in [-0.2, 0) is 9.59 Å². The smallest absolute Gasteiger partial charge is 0.326 e. The van der Waals surface area contributed by atoms with Gasteiger partial charge >= 0.3 is 5.97 Å². The molecule has 0 aliphatic heterocycles. The molecule has 0 saturated carbocycles. The van der Waals surface area contributed by atoms with E-state index in [1.54, 1.807) is 0 Å². The van der Waals surface area contributed by atoms with Crippen LogP contribution in [0.5, 0.6) is 0 Å². The molecule has 1 atom stereocenters. The highest BCUT2D eigenvalue weighted by molar-refractivity contribution is 5.90. The summed E-state index contributed by atoms with van der Waals surface area (Å²) in [5.74, 6) is -2.13. The van der Waals surface area contributed by atoms with Gasteiger partial charge in [-0.15, -0.1) is 0 Å². The van der Waals surface area contributed by atoms with Gasteiger partial charge in [0, 0.05) is 6.42 Å². The van der Waals surface area contributed by atoms with Crippen molar-refractivity contribution in [2.75, 3.05) is 0 Å². The van der Waals surface area contributed by atoms with Crippen molar-refractivity contribution < 1.29 is 14.7 Å². The minimum Gasteiger partial charge on any atom is -0.480 e. The molecule has 0 spiro atoms. The second kappa shape index (κ2) is 8.49. The first-order valence-corrected chi connectivity index (χ1v) is 7.63. The molecule has 2 N–H and O–H groups in total. The van der Waals surface area contributed by atoms with Gasteiger partial charge in [-0.3, -0.25) is 4.79 Å². The normalized spacial score (nSPS) is 11.5. The summed E-state index contributed by atoms with van der Waals surface area (Å²) in [6, 6.07) is 19.2. The Labute approximate surface area is 140 Å². The minimum atomic E-state index is -1.14. The van der Waals surface area contributed by atoms with Crippen molar-refractivity contribution >= 4 is 11.9 Å². The molecule has 5 heteroatoms. The summed E-state index contributed by atoms with van der Waals surface area (Å²) in [4.78, 5) is 24.1. The fourth-order valence-corrected chi connectivity index (χ4v) is 2.51. The standard InChI is InChI=1S/C19H18N2O3/c20-13-7-12-16(19(23)24)21-18(22)17(14-8-3-1-4-9-14)15-10-5-2-6-11-15/h1-6,8-11,16-17H,7,12H2,(H,21,22)(H,23,24)/t16-/m0/s1. The van der Waals surface area contributed by atoms with E-state index in [2.05, 4.69) is 5.32 Å².